The number of ether oxygens (including phenoxy) is 1. The molecule has 0 bridgehead atoms. The number of hydrogen-bond acceptors (Lipinski definition) is 12. The Bertz CT molecular complexity index is 2260. The van der Waals surface area contributed by atoms with Crippen molar-refractivity contribution in [3.63, 3.8) is 0 Å². The van der Waals surface area contributed by atoms with E-state index < -0.39 is 24.3 Å². The van der Waals surface area contributed by atoms with Gasteiger partial charge < -0.3 is 51.9 Å². The van der Waals surface area contributed by atoms with Crippen LogP contribution in [0.5, 0.6) is 0 Å². The van der Waals surface area contributed by atoms with Crippen molar-refractivity contribution in [3.8, 4) is 0 Å². The van der Waals surface area contributed by atoms with Gasteiger partial charge in [-0.15, -0.1) is 0 Å². The first-order valence-corrected chi connectivity index (χ1v) is 22.7. The Hall–Kier alpha value is -4.50. The number of benzene rings is 2. The van der Waals surface area contributed by atoms with Crippen LogP contribution in [0.1, 0.15) is 83.5 Å². The summed E-state index contributed by atoms with van der Waals surface area (Å²) in [6, 6.07) is 17.4. The quantitative estimate of drug-likeness (QED) is 0.0910. The van der Waals surface area contributed by atoms with Gasteiger partial charge in [-0.2, -0.15) is 0 Å². The van der Waals surface area contributed by atoms with Gasteiger partial charge in [-0.1, -0.05) is 98.4 Å². The number of carbonyl (C=O) groups excluding carboxylic acids is 3. The zero-order chi connectivity index (χ0) is 46.8. The minimum atomic E-state index is -1.14. The Kier molecular flexibility index (Phi) is 23.5. The number of anilines is 4. The van der Waals surface area contributed by atoms with Crippen LogP contribution in [0.15, 0.2) is 73.1 Å². The molecule has 21 heteroatoms. The predicted molar refractivity (Wildman–Crippen MR) is 259 cm³/mol. The molecule has 0 saturated carbocycles. The Balaban J connectivity index is 0.000000441. The number of halogens is 4. The number of nitrogen functional groups attached to an aromatic ring is 2. The third-order valence-corrected chi connectivity index (χ3v) is 11.9. The van der Waals surface area contributed by atoms with E-state index in [1.54, 1.807) is 53.4 Å². The smallest absolute Gasteiger partial charge is 0.870 e. The molecule has 0 aliphatic carbocycles. The molecule has 0 spiro atoms. The molecule has 8 N–H and O–H groups in total. The van der Waals surface area contributed by atoms with Crippen molar-refractivity contribution in [3.05, 3.63) is 104 Å². The van der Waals surface area contributed by atoms with Crippen molar-refractivity contribution >= 4 is 93.2 Å². The number of hydrogen-bond donors (Lipinski definition) is 3. The predicted octanol–water partition coefficient (Wildman–Crippen LogP) is 4.98. The molecule has 6 rings (SSSR count). The van der Waals surface area contributed by atoms with Gasteiger partial charge in [0.2, 0.25) is 11.8 Å². The van der Waals surface area contributed by atoms with Crippen LogP contribution < -0.4 is 40.1 Å². The molecule has 2 aliphatic heterocycles. The van der Waals surface area contributed by atoms with E-state index in [4.69, 9.17) is 62.6 Å². The maximum absolute atomic E-state index is 13.2. The summed E-state index contributed by atoms with van der Waals surface area (Å²) in [5, 5.41) is 11.3. The molecule has 2 amide bonds. The van der Waals surface area contributed by atoms with Crippen molar-refractivity contribution in [2.24, 2.45) is 11.8 Å². The number of aliphatic carboxylic acids is 1. The number of carboxylic acid groups (broad SMARTS) is 1. The summed E-state index contributed by atoms with van der Waals surface area (Å²) >= 11 is 24.3. The zero-order valence-electron chi connectivity index (χ0n) is 38.5. The van der Waals surface area contributed by atoms with Crippen LogP contribution in [0.3, 0.4) is 0 Å². The van der Waals surface area contributed by atoms with E-state index in [0.29, 0.717) is 81.1 Å². The van der Waals surface area contributed by atoms with Crippen molar-refractivity contribution in [2.75, 3.05) is 54.1 Å². The van der Waals surface area contributed by atoms with Gasteiger partial charge in [-0.3, -0.25) is 19.2 Å². The largest absolute Gasteiger partial charge is 1.00 e. The molecular weight excluding hydrogens is 941 g/mol. The number of carbonyl (C=O) groups is 4. The summed E-state index contributed by atoms with van der Waals surface area (Å²) in [5.74, 6) is -0.424. The summed E-state index contributed by atoms with van der Waals surface area (Å²) in [6.45, 7) is 12.0. The number of piperazine rings is 2. The second-order valence-electron chi connectivity index (χ2n) is 16.8. The number of aromatic nitrogens is 2. The van der Waals surface area contributed by atoms with E-state index in [0.717, 1.165) is 24.0 Å². The van der Waals surface area contributed by atoms with E-state index in [9.17, 15) is 24.3 Å². The number of amides is 2. The van der Waals surface area contributed by atoms with Gasteiger partial charge >= 0.3 is 30.8 Å². The Morgan fingerprint density at radius 1 is 0.672 bits per heavy atom. The number of carboxylic acids is 1. The fraction of sp³-hybridized carbons (Fsp3) is 0.435. The monoisotopic (exact) mass is 998 g/mol. The van der Waals surface area contributed by atoms with Gasteiger partial charge in [0.25, 0.3) is 0 Å². The third kappa shape index (κ3) is 16.0. The molecule has 2 aliphatic rings. The van der Waals surface area contributed by atoms with E-state index in [2.05, 4.69) is 47.5 Å². The second-order valence-corrected chi connectivity index (χ2v) is 18.5. The number of pyridine rings is 2. The Labute approximate surface area is 424 Å². The normalized spacial score (nSPS) is 17.9. The van der Waals surface area contributed by atoms with Crippen LogP contribution >= 0.6 is 46.4 Å². The maximum atomic E-state index is 13.2. The van der Waals surface area contributed by atoms with Gasteiger partial charge in [0.15, 0.2) is 11.6 Å². The molecule has 4 atom stereocenters. The number of esters is 1. The SMILES string of the molecule is CC(C)CC1CN(c2ncc(Cl)cc2N)C(c2ccc(Cl)cc2)CN1C(=O)CC(=O)O.CCOC(=O)CC(=O)N1CC(c2ccc(Cl)cc2)N(c2ncc(Cl)cc2N)CC1CC(C)C.O.[Li+].[OH-]. The van der Waals surface area contributed by atoms with Crippen LogP contribution in [0, 0.1) is 11.8 Å². The van der Waals surface area contributed by atoms with E-state index >= 15 is 0 Å². The van der Waals surface area contributed by atoms with Gasteiger partial charge in [-0.05, 0) is 79.1 Å². The molecule has 16 nitrogen and oxygen atoms in total. The number of rotatable bonds is 13. The Morgan fingerprint density at radius 3 is 1.37 bits per heavy atom. The van der Waals surface area contributed by atoms with Crippen molar-refractivity contribution in [1.29, 1.82) is 0 Å². The average Bonchev–Trinajstić information content (AvgIpc) is 3.21. The molecule has 0 radical (unpaired) electrons. The molecule has 2 aromatic heterocycles. The van der Waals surface area contributed by atoms with Gasteiger partial charge in [0, 0.05) is 60.7 Å². The summed E-state index contributed by atoms with van der Waals surface area (Å²) < 4.78 is 5.01. The molecule has 2 aromatic carbocycles. The van der Waals surface area contributed by atoms with Crippen molar-refractivity contribution in [2.45, 2.75) is 84.5 Å². The first-order chi connectivity index (χ1) is 30.3. The first kappa shape index (κ1) is 58.6. The minimum absolute atomic E-state index is 0. The first-order valence-electron chi connectivity index (χ1n) is 21.2. The number of nitrogens with zero attached hydrogens (tertiary/aromatic N) is 6. The van der Waals surface area contributed by atoms with Gasteiger partial charge in [0.05, 0.1) is 40.1 Å². The fourth-order valence-electron chi connectivity index (χ4n) is 8.33. The fourth-order valence-corrected chi connectivity index (χ4v) is 8.91. The topological polar surface area (TPSA) is 250 Å². The van der Waals surface area contributed by atoms with Crippen LogP contribution in [-0.4, -0.2) is 104 Å². The van der Waals surface area contributed by atoms with E-state index in [-0.39, 0.29) is 72.9 Å². The molecule has 360 valence electrons. The summed E-state index contributed by atoms with van der Waals surface area (Å²) in [4.78, 5) is 66.0. The van der Waals surface area contributed by atoms with Crippen LogP contribution in [0.25, 0.3) is 0 Å². The summed E-state index contributed by atoms with van der Waals surface area (Å²) in [5.41, 5.74) is 15.4. The average molecular weight is 1000 g/mol. The number of nitrogens with two attached hydrogens (primary N) is 2. The molecule has 2 saturated heterocycles. The van der Waals surface area contributed by atoms with E-state index in [1.165, 1.54) is 0 Å². The van der Waals surface area contributed by atoms with Gasteiger partial charge in [-0.25, -0.2) is 9.97 Å². The van der Waals surface area contributed by atoms with Crippen LogP contribution in [0.2, 0.25) is 20.1 Å². The molecule has 2 fully saturated rings. The third-order valence-electron chi connectivity index (χ3n) is 11.0. The van der Waals surface area contributed by atoms with Crippen molar-refractivity contribution in [1.82, 2.24) is 19.8 Å². The second kappa shape index (κ2) is 26.9. The standard InChI is InChI=1S/C24H30Cl2N4O3.C22H26Cl2N4O3.Li.2H2O/c1-4-33-23(32)11-22(31)29-14-21(16-5-7-17(25)8-6-16)30(13-19(29)9-15(2)3)24-20(27)10-18(26)12-28-24;1-13(2)7-17-11-28(22-18(25)8-16(24)10-26-22)19(14-3-5-15(23)6-4-14)12-27(17)20(29)9-21(30)31;;;/h5-8,10,12,15,19,21H,4,9,11,13-14,27H2,1-3H3;3-6,8,10,13,17,19H,7,9,11-12,25H2,1-2H3,(H,30,31);;2*1H2/q;;+1;;/p-1. The van der Waals surface area contributed by atoms with Crippen LogP contribution in [-0.2, 0) is 23.9 Å². The minimum Gasteiger partial charge on any atom is -0.870 e. The van der Waals surface area contributed by atoms with Gasteiger partial charge in [0.1, 0.15) is 12.8 Å². The summed E-state index contributed by atoms with van der Waals surface area (Å²) in [6.07, 6.45) is 3.79. The van der Waals surface area contributed by atoms with Crippen molar-refractivity contribution < 1.29 is 58.8 Å². The molecule has 67 heavy (non-hydrogen) atoms. The van der Waals surface area contributed by atoms with E-state index in [1.807, 2.05) is 36.4 Å². The van der Waals surface area contributed by atoms with Crippen LogP contribution in [0.4, 0.5) is 23.0 Å². The maximum Gasteiger partial charge on any atom is 1.00 e. The Morgan fingerprint density at radius 2 is 1.04 bits per heavy atom. The molecule has 4 heterocycles. The molecule has 4 aromatic rings. The molecular formula is C46H59Cl4LiN8O8. The molecule has 4 unspecified atom stereocenters. The summed E-state index contributed by atoms with van der Waals surface area (Å²) in [7, 11) is 0. The zero-order valence-corrected chi connectivity index (χ0v) is 41.6.